The van der Waals surface area contributed by atoms with E-state index in [1.54, 1.807) is 0 Å². The fourth-order valence-corrected chi connectivity index (χ4v) is 1.98. The minimum atomic E-state index is -0.265. The number of rotatable bonds is 5. The van der Waals surface area contributed by atoms with Crippen molar-refractivity contribution in [2.45, 2.75) is 13.0 Å². The minimum absolute atomic E-state index is 0.114. The lowest BCUT2D eigenvalue weighted by atomic mass is 9.97. The van der Waals surface area contributed by atoms with Crippen molar-refractivity contribution in [1.29, 1.82) is 0 Å². The Hall–Kier alpha value is -1.93. The Morgan fingerprint density at radius 1 is 1.00 bits per heavy atom. The summed E-state index contributed by atoms with van der Waals surface area (Å²) in [5.41, 5.74) is 1.75. The Morgan fingerprint density at radius 2 is 1.56 bits per heavy atom. The summed E-state index contributed by atoms with van der Waals surface area (Å²) < 4.78 is 0. The Bertz CT molecular complexity index is 493. The van der Waals surface area contributed by atoms with Crippen molar-refractivity contribution >= 4 is 5.78 Å². The number of carbonyl (C=O) groups excluding carboxylic acids is 1. The number of carbonyl (C=O) groups is 1. The fourth-order valence-electron chi connectivity index (χ4n) is 1.98. The molecule has 0 aliphatic carbocycles. The third kappa shape index (κ3) is 2.84. The van der Waals surface area contributed by atoms with Crippen LogP contribution in [0, 0.1) is 0 Å². The van der Waals surface area contributed by atoms with E-state index >= 15 is 0 Å². The highest BCUT2D eigenvalue weighted by atomic mass is 16.1. The average Bonchev–Trinajstić information content (AvgIpc) is 2.46. The van der Waals surface area contributed by atoms with Crippen molar-refractivity contribution in [3.05, 3.63) is 71.8 Å². The molecule has 0 amide bonds. The van der Waals surface area contributed by atoms with E-state index in [9.17, 15) is 4.79 Å². The summed E-state index contributed by atoms with van der Waals surface area (Å²) in [7, 11) is 0. The number of nitrogens with one attached hydrogen (secondary N) is 1. The molecule has 0 saturated heterocycles. The van der Waals surface area contributed by atoms with Crippen LogP contribution in [0.1, 0.15) is 28.9 Å². The van der Waals surface area contributed by atoms with Crippen molar-refractivity contribution in [1.82, 2.24) is 5.32 Å². The maximum atomic E-state index is 12.5. The first-order valence-corrected chi connectivity index (χ1v) is 6.20. The normalized spacial score (nSPS) is 12.1. The van der Waals surface area contributed by atoms with E-state index in [4.69, 9.17) is 0 Å². The lowest BCUT2D eigenvalue weighted by Gasteiger charge is -2.17. The van der Waals surface area contributed by atoms with Gasteiger partial charge in [0.1, 0.15) is 0 Å². The molecule has 92 valence electrons. The van der Waals surface area contributed by atoms with Crippen LogP contribution < -0.4 is 5.32 Å². The van der Waals surface area contributed by atoms with Crippen LogP contribution in [0.2, 0.25) is 0 Å². The van der Waals surface area contributed by atoms with Gasteiger partial charge in [-0.15, -0.1) is 0 Å². The molecule has 18 heavy (non-hydrogen) atoms. The molecule has 1 atom stereocenters. The van der Waals surface area contributed by atoms with Gasteiger partial charge in [0.2, 0.25) is 0 Å². The molecule has 2 nitrogen and oxygen atoms in total. The molecule has 2 aromatic carbocycles. The first-order valence-electron chi connectivity index (χ1n) is 6.20. The standard InChI is InChI=1S/C16H17NO/c1-2-17-15(13-9-5-3-6-10-13)16(18)14-11-7-4-8-12-14/h3-12,15,17H,2H2,1H3. The zero-order chi connectivity index (χ0) is 12.8. The summed E-state index contributed by atoms with van der Waals surface area (Å²) >= 11 is 0. The summed E-state index contributed by atoms with van der Waals surface area (Å²) in [5, 5.41) is 3.25. The molecular formula is C16H17NO. The lowest BCUT2D eigenvalue weighted by molar-refractivity contribution is 0.0944. The molecule has 0 fully saturated rings. The molecule has 0 aliphatic heterocycles. The van der Waals surface area contributed by atoms with E-state index in [2.05, 4.69) is 5.32 Å². The van der Waals surface area contributed by atoms with Crippen LogP contribution in [0.5, 0.6) is 0 Å². The van der Waals surface area contributed by atoms with Crippen LogP contribution in [0.25, 0.3) is 0 Å². The van der Waals surface area contributed by atoms with E-state index in [0.29, 0.717) is 0 Å². The van der Waals surface area contributed by atoms with E-state index < -0.39 is 0 Å². The van der Waals surface area contributed by atoms with Gasteiger partial charge in [-0.1, -0.05) is 67.6 Å². The Labute approximate surface area is 108 Å². The van der Waals surface area contributed by atoms with Gasteiger partial charge in [0.15, 0.2) is 5.78 Å². The molecule has 0 bridgehead atoms. The molecule has 0 saturated carbocycles. The molecule has 2 aromatic rings. The number of Topliss-reactive ketones (excluding diaryl/α,β-unsaturated/α-hetero) is 1. The largest absolute Gasteiger partial charge is 0.304 e. The van der Waals surface area contributed by atoms with Gasteiger partial charge in [0, 0.05) is 5.56 Å². The Kier molecular flexibility index (Phi) is 4.26. The van der Waals surface area contributed by atoms with Crippen molar-refractivity contribution in [2.24, 2.45) is 0 Å². The topological polar surface area (TPSA) is 29.1 Å². The lowest BCUT2D eigenvalue weighted by Crippen LogP contribution is -2.28. The van der Waals surface area contributed by atoms with Gasteiger partial charge in [-0.25, -0.2) is 0 Å². The van der Waals surface area contributed by atoms with Crippen molar-refractivity contribution in [3.8, 4) is 0 Å². The molecule has 1 unspecified atom stereocenters. The summed E-state index contributed by atoms with van der Waals surface area (Å²) in [6.45, 7) is 2.77. The average molecular weight is 239 g/mol. The van der Waals surface area contributed by atoms with Gasteiger partial charge < -0.3 is 5.32 Å². The summed E-state index contributed by atoms with van der Waals surface area (Å²) in [4.78, 5) is 12.5. The third-order valence-electron chi connectivity index (χ3n) is 2.86. The Morgan fingerprint density at radius 3 is 2.11 bits per heavy atom. The number of hydrogen-bond acceptors (Lipinski definition) is 2. The van der Waals surface area contributed by atoms with E-state index in [0.717, 1.165) is 17.7 Å². The van der Waals surface area contributed by atoms with E-state index in [1.807, 2.05) is 67.6 Å². The minimum Gasteiger partial charge on any atom is -0.304 e. The fraction of sp³-hybridized carbons (Fsp3) is 0.188. The second kappa shape index (κ2) is 6.12. The van der Waals surface area contributed by atoms with Crippen LogP contribution in [0.3, 0.4) is 0 Å². The first-order chi connectivity index (χ1) is 8.83. The summed E-state index contributed by atoms with van der Waals surface area (Å²) in [6.07, 6.45) is 0. The van der Waals surface area contributed by atoms with Gasteiger partial charge in [0.25, 0.3) is 0 Å². The molecule has 2 heteroatoms. The van der Waals surface area contributed by atoms with E-state index in [1.165, 1.54) is 0 Å². The molecule has 0 radical (unpaired) electrons. The molecule has 1 N–H and O–H groups in total. The van der Waals surface area contributed by atoms with Crippen LogP contribution in [-0.2, 0) is 0 Å². The highest BCUT2D eigenvalue weighted by molar-refractivity contribution is 6.00. The molecule has 0 aliphatic rings. The second-order valence-corrected chi connectivity index (χ2v) is 4.13. The zero-order valence-corrected chi connectivity index (χ0v) is 10.5. The molecule has 2 rings (SSSR count). The van der Waals surface area contributed by atoms with Gasteiger partial charge in [-0.05, 0) is 12.1 Å². The van der Waals surface area contributed by atoms with Gasteiger partial charge in [0.05, 0.1) is 6.04 Å². The molecular weight excluding hydrogens is 222 g/mol. The zero-order valence-electron chi connectivity index (χ0n) is 10.5. The third-order valence-corrected chi connectivity index (χ3v) is 2.86. The first kappa shape index (κ1) is 12.5. The SMILES string of the molecule is CCNC(C(=O)c1ccccc1)c1ccccc1. The predicted molar refractivity (Wildman–Crippen MR) is 73.6 cm³/mol. The van der Waals surface area contributed by atoms with Crippen molar-refractivity contribution in [2.75, 3.05) is 6.54 Å². The quantitative estimate of drug-likeness (QED) is 0.812. The van der Waals surface area contributed by atoms with Crippen molar-refractivity contribution < 1.29 is 4.79 Å². The monoisotopic (exact) mass is 239 g/mol. The van der Waals surface area contributed by atoms with Crippen LogP contribution in [0.4, 0.5) is 0 Å². The van der Waals surface area contributed by atoms with Crippen LogP contribution >= 0.6 is 0 Å². The maximum Gasteiger partial charge on any atom is 0.184 e. The van der Waals surface area contributed by atoms with Crippen LogP contribution in [0.15, 0.2) is 60.7 Å². The molecule has 0 heterocycles. The highest BCUT2D eigenvalue weighted by Gasteiger charge is 2.20. The van der Waals surface area contributed by atoms with Crippen molar-refractivity contribution in [3.63, 3.8) is 0 Å². The number of hydrogen-bond donors (Lipinski definition) is 1. The summed E-state index contributed by atoms with van der Waals surface area (Å²) in [6, 6.07) is 19.0. The Balaban J connectivity index is 2.29. The number of likely N-dealkylation sites (N-methyl/N-ethyl adjacent to an activating group) is 1. The second-order valence-electron chi connectivity index (χ2n) is 4.13. The predicted octanol–water partition coefficient (Wildman–Crippen LogP) is 3.22. The van der Waals surface area contributed by atoms with Gasteiger partial charge in [-0.3, -0.25) is 4.79 Å². The van der Waals surface area contributed by atoms with Gasteiger partial charge in [-0.2, -0.15) is 0 Å². The smallest absolute Gasteiger partial charge is 0.184 e. The molecule has 0 aromatic heterocycles. The van der Waals surface area contributed by atoms with Gasteiger partial charge >= 0.3 is 0 Å². The summed E-state index contributed by atoms with van der Waals surface area (Å²) in [5.74, 6) is 0.114. The molecule has 0 spiro atoms. The van der Waals surface area contributed by atoms with E-state index in [-0.39, 0.29) is 11.8 Å². The number of benzene rings is 2. The number of ketones is 1. The highest BCUT2D eigenvalue weighted by Crippen LogP contribution is 2.18. The maximum absolute atomic E-state index is 12.5. The van der Waals surface area contributed by atoms with Crippen LogP contribution in [-0.4, -0.2) is 12.3 Å².